The van der Waals surface area contributed by atoms with Crippen molar-refractivity contribution in [1.82, 2.24) is 10.2 Å². The van der Waals surface area contributed by atoms with Gasteiger partial charge >= 0.3 is 0 Å². The Hall–Kier alpha value is -1.55. The number of hydrogen-bond donors (Lipinski definition) is 2. The first kappa shape index (κ1) is 15.8. The van der Waals surface area contributed by atoms with Crippen LogP contribution in [0.15, 0.2) is 29.3 Å². The van der Waals surface area contributed by atoms with Crippen LogP contribution in [-0.2, 0) is 6.42 Å². The van der Waals surface area contributed by atoms with E-state index in [9.17, 15) is 0 Å². The molecule has 116 valence electrons. The molecule has 4 heteroatoms. The number of nitrogens with two attached hydrogens (primary N) is 1. The molecule has 1 aromatic rings. The number of rotatable bonds is 6. The van der Waals surface area contributed by atoms with Crippen LogP contribution in [0.3, 0.4) is 0 Å². The van der Waals surface area contributed by atoms with Crippen LogP contribution >= 0.6 is 0 Å². The number of nitrogens with zero attached hydrogens (tertiary/aromatic N) is 2. The molecule has 1 aromatic carbocycles. The summed E-state index contributed by atoms with van der Waals surface area (Å²) in [7, 11) is 0. The van der Waals surface area contributed by atoms with Crippen LogP contribution in [0, 0.1) is 6.92 Å². The number of likely N-dealkylation sites (tertiary alicyclic amines) is 1. The maximum absolute atomic E-state index is 5.96. The number of hydrogen-bond acceptors (Lipinski definition) is 2. The minimum absolute atomic E-state index is 0.575. The summed E-state index contributed by atoms with van der Waals surface area (Å²) in [4.78, 5) is 6.99. The van der Waals surface area contributed by atoms with Gasteiger partial charge in [0.25, 0.3) is 0 Å². The van der Waals surface area contributed by atoms with Gasteiger partial charge in [-0.05, 0) is 50.4 Å². The normalized spacial score (nSPS) is 19.9. The molecule has 1 fully saturated rings. The summed E-state index contributed by atoms with van der Waals surface area (Å²) in [6.07, 6.45) is 3.51. The molecule has 0 radical (unpaired) electrons. The maximum Gasteiger partial charge on any atom is 0.188 e. The summed E-state index contributed by atoms with van der Waals surface area (Å²) in [6.45, 7) is 8.33. The molecule has 21 heavy (non-hydrogen) atoms. The van der Waals surface area contributed by atoms with Crippen molar-refractivity contribution in [2.45, 2.75) is 39.2 Å². The zero-order chi connectivity index (χ0) is 15.1. The van der Waals surface area contributed by atoms with Crippen molar-refractivity contribution in [3.05, 3.63) is 35.4 Å². The first-order valence-electron chi connectivity index (χ1n) is 8.03. The molecular weight excluding hydrogens is 260 g/mol. The zero-order valence-corrected chi connectivity index (χ0v) is 13.3. The maximum atomic E-state index is 5.96. The van der Waals surface area contributed by atoms with Crippen molar-refractivity contribution in [2.75, 3.05) is 26.2 Å². The van der Waals surface area contributed by atoms with Gasteiger partial charge in [0.05, 0.1) is 6.54 Å². The third-order valence-electron chi connectivity index (χ3n) is 4.34. The predicted molar refractivity (Wildman–Crippen MR) is 89.6 cm³/mol. The smallest absolute Gasteiger partial charge is 0.188 e. The minimum atomic E-state index is 0.575. The van der Waals surface area contributed by atoms with Crippen LogP contribution in [0.2, 0.25) is 0 Å². The zero-order valence-electron chi connectivity index (χ0n) is 13.3. The molecule has 1 unspecified atom stereocenters. The Balaban J connectivity index is 1.73. The Labute approximate surface area is 128 Å². The molecule has 1 heterocycles. The van der Waals surface area contributed by atoms with E-state index in [0.29, 0.717) is 12.0 Å². The van der Waals surface area contributed by atoms with E-state index in [2.05, 4.69) is 53.3 Å². The van der Waals surface area contributed by atoms with Crippen LogP contribution in [0.5, 0.6) is 0 Å². The number of aliphatic imine (C=N–C) groups is 1. The van der Waals surface area contributed by atoms with Crippen molar-refractivity contribution in [1.29, 1.82) is 0 Å². The molecule has 1 aliphatic rings. The van der Waals surface area contributed by atoms with Crippen molar-refractivity contribution < 1.29 is 0 Å². The highest BCUT2D eigenvalue weighted by atomic mass is 15.2. The lowest BCUT2D eigenvalue weighted by Gasteiger charge is -2.21. The molecule has 4 nitrogen and oxygen atoms in total. The highest BCUT2D eigenvalue weighted by Crippen LogP contribution is 2.16. The van der Waals surface area contributed by atoms with Gasteiger partial charge < -0.3 is 11.1 Å². The summed E-state index contributed by atoms with van der Waals surface area (Å²) in [5.74, 6) is 0.575. The molecule has 0 saturated carbocycles. The highest BCUT2D eigenvalue weighted by molar-refractivity contribution is 5.77. The molecule has 0 aromatic heterocycles. The van der Waals surface area contributed by atoms with E-state index in [1.54, 1.807) is 0 Å². The molecule has 0 amide bonds. The predicted octanol–water partition coefficient (Wildman–Crippen LogP) is 1.93. The van der Waals surface area contributed by atoms with E-state index in [-0.39, 0.29) is 0 Å². The second-order valence-electron chi connectivity index (χ2n) is 5.75. The van der Waals surface area contributed by atoms with Gasteiger partial charge in [0.1, 0.15) is 0 Å². The highest BCUT2D eigenvalue weighted by Gasteiger charge is 2.22. The van der Waals surface area contributed by atoms with E-state index in [1.165, 1.54) is 30.5 Å². The second-order valence-corrected chi connectivity index (χ2v) is 5.75. The van der Waals surface area contributed by atoms with Gasteiger partial charge in [0.2, 0.25) is 0 Å². The Kier molecular flexibility index (Phi) is 6.05. The summed E-state index contributed by atoms with van der Waals surface area (Å²) >= 11 is 0. The minimum Gasteiger partial charge on any atom is -0.370 e. The average Bonchev–Trinajstić information content (AvgIpc) is 2.94. The van der Waals surface area contributed by atoms with E-state index in [0.717, 1.165) is 26.1 Å². The fourth-order valence-electron chi connectivity index (χ4n) is 2.99. The van der Waals surface area contributed by atoms with Crippen LogP contribution in [0.1, 0.15) is 30.9 Å². The molecule has 0 aliphatic carbocycles. The van der Waals surface area contributed by atoms with Gasteiger partial charge in [-0.3, -0.25) is 9.89 Å². The third kappa shape index (κ3) is 4.74. The second kappa shape index (κ2) is 8.03. The lowest BCUT2D eigenvalue weighted by Crippen LogP contribution is -2.36. The molecule has 1 aliphatic heterocycles. The van der Waals surface area contributed by atoms with E-state index < -0.39 is 0 Å². The van der Waals surface area contributed by atoms with Crippen LogP contribution in [0.25, 0.3) is 0 Å². The van der Waals surface area contributed by atoms with Gasteiger partial charge in [-0.2, -0.15) is 0 Å². The summed E-state index contributed by atoms with van der Waals surface area (Å²) in [5.41, 5.74) is 8.66. The Morgan fingerprint density at radius 2 is 2.24 bits per heavy atom. The average molecular weight is 288 g/mol. The SMILES string of the molecule is CCN1CCCC1CN=C(N)NCCc1ccccc1C. The molecule has 1 atom stereocenters. The lowest BCUT2D eigenvalue weighted by molar-refractivity contribution is 0.273. The van der Waals surface area contributed by atoms with Crippen molar-refractivity contribution in [3.8, 4) is 0 Å². The molecular formula is C17H28N4. The quantitative estimate of drug-likeness (QED) is 0.621. The molecule has 1 saturated heterocycles. The first-order valence-corrected chi connectivity index (χ1v) is 8.03. The Bertz CT molecular complexity index is 470. The van der Waals surface area contributed by atoms with Gasteiger partial charge in [0, 0.05) is 12.6 Å². The van der Waals surface area contributed by atoms with Crippen LogP contribution in [-0.4, -0.2) is 43.1 Å². The van der Waals surface area contributed by atoms with Crippen molar-refractivity contribution in [3.63, 3.8) is 0 Å². The summed E-state index contributed by atoms with van der Waals surface area (Å²) < 4.78 is 0. The topological polar surface area (TPSA) is 53.6 Å². The number of benzene rings is 1. The van der Waals surface area contributed by atoms with Crippen molar-refractivity contribution in [2.24, 2.45) is 10.7 Å². The van der Waals surface area contributed by atoms with E-state index in [1.807, 2.05) is 0 Å². The standard InChI is InChI=1S/C17H28N4/c1-3-21-12-6-9-16(21)13-20-17(18)19-11-10-15-8-5-4-7-14(15)2/h4-5,7-8,16H,3,6,9-13H2,1-2H3,(H3,18,19,20). The lowest BCUT2D eigenvalue weighted by atomic mass is 10.1. The first-order chi connectivity index (χ1) is 10.2. The monoisotopic (exact) mass is 288 g/mol. The number of likely N-dealkylation sites (N-methyl/N-ethyl adjacent to an activating group) is 1. The van der Waals surface area contributed by atoms with E-state index in [4.69, 9.17) is 5.73 Å². The van der Waals surface area contributed by atoms with Crippen LogP contribution < -0.4 is 11.1 Å². The third-order valence-corrected chi connectivity index (χ3v) is 4.34. The van der Waals surface area contributed by atoms with Gasteiger partial charge in [-0.15, -0.1) is 0 Å². The molecule has 0 bridgehead atoms. The van der Waals surface area contributed by atoms with E-state index >= 15 is 0 Å². The summed E-state index contributed by atoms with van der Waals surface area (Å²) in [5, 5.41) is 3.22. The Morgan fingerprint density at radius 3 is 3.00 bits per heavy atom. The van der Waals surface area contributed by atoms with Gasteiger partial charge in [-0.1, -0.05) is 31.2 Å². The fraction of sp³-hybridized carbons (Fsp3) is 0.588. The van der Waals surface area contributed by atoms with Gasteiger partial charge in [0.15, 0.2) is 5.96 Å². The largest absolute Gasteiger partial charge is 0.370 e. The number of guanidine groups is 1. The van der Waals surface area contributed by atoms with Crippen LogP contribution in [0.4, 0.5) is 0 Å². The summed E-state index contributed by atoms with van der Waals surface area (Å²) in [6, 6.07) is 9.04. The molecule has 0 spiro atoms. The van der Waals surface area contributed by atoms with Crippen molar-refractivity contribution >= 4 is 5.96 Å². The Morgan fingerprint density at radius 1 is 1.43 bits per heavy atom. The number of nitrogens with one attached hydrogen (secondary N) is 1. The molecule has 3 N–H and O–H groups in total. The molecule has 2 rings (SSSR count). The van der Waals surface area contributed by atoms with Gasteiger partial charge in [-0.25, -0.2) is 0 Å². The number of aryl methyl sites for hydroxylation is 1. The fourth-order valence-corrected chi connectivity index (χ4v) is 2.99.